The molecule has 2 aliphatic rings. The Balaban J connectivity index is 0.000000168. The zero-order valence-electron chi connectivity index (χ0n) is 10.1. The molecule has 2 unspecified atom stereocenters. The van der Waals surface area contributed by atoms with Gasteiger partial charge in [-0.2, -0.15) is 0 Å². The van der Waals surface area contributed by atoms with Gasteiger partial charge in [0.25, 0.3) is 0 Å². The van der Waals surface area contributed by atoms with Gasteiger partial charge in [-0.25, -0.2) is 0 Å². The van der Waals surface area contributed by atoms with Crippen LogP contribution in [-0.2, 0) is 22.8 Å². The Kier molecular flexibility index (Phi) is 7.13. The van der Waals surface area contributed by atoms with E-state index in [-0.39, 0.29) is 0 Å². The summed E-state index contributed by atoms with van der Waals surface area (Å²) in [5, 5.41) is 3.16. The van der Waals surface area contributed by atoms with Crippen molar-refractivity contribution in [3.8, 4) is 0 Å². The van der Waals surface area contributed by atoms with Crippen LogP contribution in [0.5, 0.6) is 0 Å². The highest BCUT2D eigenvalue weighted by Gasteiger charge is 2.25. The average molecular weight is 251 g/mol. The van der Waals surface area contributed by atoms with Gasteiger partial charge in [0.1, 0.15) is 6.10 Å². The van der Waals surface area contributed by atoms with Crippen molar-refractivity contribution >= 4 is 9.53 Å². The van der Waals surface area contributed by atoms with Crippen LogP contribution in [0.1, 0.15) is 0 Å². The summed E-state index contributed by atoms with van der Waals surface area (Å²) in [5.41, 5.74) is 0. The lowest BCUT2D eigenvalue weighted by Crippen LogP contribution is -2.21. The molecule has 0 aromatic heterocycles. The highest BCUT2D eigenvalue weighted by atomic mass is 28.3. The van der Waals surface area contributed by atoms with Gasteiger partial charge < -0.3 is 28.1 Å². The average Bonchev–Trinajstić information content (AvgIpc) is 3.16. The first-order valence-electron chi connectivity index (χ1n) is 5.31. The van der Waals surface area contributed by atoms with E-state index in [0.29, 0.717) is 12.1 Å². The van der Waals surface area contributed by atoms with Gasteiger partial charge in [-0.05, 0) is 0 Å². The minimum absolute atomic E-state index is 0.420. The minimum Gasteiger partial charge on any atom is -0.379 e. The molecular weight excluding hydrogens is 230 g/mol. The van der Waals surface area contributed by atoms with E-state index >= 15 is 0 Å². The van der Waals surface area contributed by atoms with E-state index in [0.717, 1.165) is 26.4 Å². The van der Waals surface area contributed by atoms with E-state index < -0.39 is 9.53 Å². The molecule has 6 nitrogen and oxygen atoms in total. The summed E-state index contributed by atoms with van der Waals surface area (Å²) >= 11 is 0. The third kappa shape index (κ3) is 7.28. The Morgan fingerprint density at radius 1 is 1.19 bits per heavy atom. The third-order valence-corrected chi connectivity index (χ3v) is 3.25. The van der Waals surface area contributed by atoms with Crippen molar-refractivity contribution in [1.82, 2.24) is 5.32 Å². The lowest BCUT2D eigenvalue weighted by molar-refractivity contribution is 0.118. The Labute approximate surface area is 98.1 Å². The van der Waals surface area contributed by atoms with Crippen molar-refractivity contribution in [2.45, 2.75) is 12.1 Å². The summed E-state index contributed by atoms with van der Waals surface area (Å²) in [6, 6.07) is 0.642. The standard InChI is InChI=1S/C6H11NO2.C3H10O3Si/c1-5(7-1)2-8-3-6-4-9-6;1-4-7(5-2)6-3/h5-7H,1-4H2;7H,1-3H3. The summed E-state index contributed by atoms with van der Waals surface area (Å²) in [5.74, 6) is 0. The maximum Gasteiger partial charge on any atom is 0.483 e. The smallest absolute Gasteiger partial charge is 0.379 e. The molecule has 0 radical (unpaired) electrons. The Hall–Kier alpha value is -0.0231. The molecule has 2 rings (SSSR count). The highest BCUT2D eigenvalue weighted by Crippen LogP contribution is 2.09. The molecule has 7 heteroatoms. The largest absolute Gasteiger partial charge is 0.483 e. The van der Waals surface area contributed by atoms with E-state index in [9.17, 15) is 0 Å². The monoisotopic (exact) mass is 251 g/mol. The molecule has 0 aromatic carbocycles. The molecule has 0 amide bonds. The predicted molar refractivity (Wildman–Crippen MR) is 60.5 cm³/mol. The lowest BCUT2D eigenvalue weighted by Gasteiger charge is -2.05. The van der Waals surface area contributed by atoms with Crippen LogP contribution in [0, 0.1) is 0 Å². The SMILES string of the molecule is C1NC1COCC1CO1.CO[SiH](OC)OC. The molecule has 2 aliphatic heterocycles. The second-order valence-corrected chi connectivity index (χ2v) is 5.59. The van der Waals surface area contributed by atoms with Gasteiger partial charge in [0.15, 0.2) is 0 Å². The van der Waals surface area contributed by atoms with Gasteiger partial charge in [-0.15, -0.1) is 0 Å². The number of ether oxygens (including phenoxy) is 2. The maximum absolute atomic E-state index is 5.29. The first-order chi connectivity index (χ1) is 7.80. The molecule has 0 saturated carbocycles. The zero-order valence-corrected chi connectivity index (χ0v) is 11.3. The maximum atomic E-state index is 5.29. The van der Waals surface area contributed by atoms with Crippen molar-refractivity contribution in [1.29, 1.82) is 0 Å². The van der Waals surface area contributed by atoms with Gasteiger partial charge in [0.05, 0.1) is 19.8 Å². The predicted octanol–water partition coefficient (Wildman–Crippen LogP) is -0.984. The van der Waals surface area contributed by atoms with Gasteiger partial charge in [0.2, 0.25) is 0 Å². The number of epoxide rings is 1. The summed E-state index contributed by atoms with van der Waals surface area (Å²) in [4.78, 5) is 0. The van der Waals surface area contributed by atoms with E-state index in [2.05, 4.69) is 5.32 Å². The molecule has 2 fully saturated rings. The molecule has 2 saturated heterocycles. The molecule has 0 bridgehead atoms. The molecule has 0 aliphatic carbocycles. The molecular formula is C9H21NO5Si. The first-order valence-corrected chi connectivity index (χ1v) is 6.72. The van der Waals surface area contributed by atoms with Crippen LogP contribution in [0.3, 0.4) is 0 Å². The number of hydrogen-bond donors (Lipinski definition) is 1. The Morgan fingerprint density at radius 2 is 1.75 bits per heavy atom. The van der Waals surface area contributed by atoms with Gasteiger partial charge in [-0.1, -0.05) is 0 Å². The fraction of sp³-hybridized carbons (Fsp3) is 1.00. The van der Waals surface area contributed by atoms with Crippen molar-refractivity contribution in [2.24, 2.45) is 0 Å². The summed E-state index contributed by atoms with van der Waals surface area (Å²) in [6.07, 6.45) is 0.420. The van der Waals surface area contributed by atoms with Gasteiger partial charge in [0, 0.05) is 33.9 Å². The van der Waals surface area contributed by atoms with Crippen LogP contribution in [0.25, 0.3) is 0 Å². The number of rotatable bonds is 7. The molecule has 2 heterocycles. The Morgan fingerprint density at radius 3 is 2.06 bits per heavy atom. The molecule has 96 valence electrons. The quantitative estimate of drug-likeness (QED) is 0.463. The van der Waals surface area contributed by atoms with Crippen molar-refractivity contribution in [3.05, 3.63) is 0 Å². The second-order valence-electron chi connectivity index (χ2n) is 3.59. The van der Waals surface area contributed by atoms with Crippen LogP contribution in [0.15, 0.2) is 0 Å². The van der Waals surface area contributed by atoms with Crippen molar-refractivity contribution in [3.63, 3.8) is 0 Å². The molecule has 0 spiro atoms. The van der Waals surface area contributed by atoms with Crippen LogP contribution in [0.2, 0.25) is 0 Å². The van der Waals surface area contributed by atoms with Crippen LogP contribution < -0.4 is 5.32 Å². The lowest BCUT2D eigenvalue weighted by atomic mass is 10.5. The number of nitrogens with one attached hydrogen (secondary N) is 1. The van der Waals surface area contributed by atoms with Crippen LogP contribution >= 0.6 is 0 Å². The first kappa shape index (κ1) is 14.0. The fourth-order valence-electron chi connectivity index (χ4n) is 0.996. The van der Waals surface area contributed by atoms with Crippen LogP contribution in [-0.4, -0.2) is 69.4 Å². The molecule has 16 heavy (non-hydrogen) atoms. The van der Waals surface area contributed by atoms with Gasteiger partial charge in [-0.3, -0.25) is 0 Å². The topological polar surface area (TPSA) is 71.4 Å². The van der Waals surface area contributed by atoms with Crippen molar-refractivity contribution in [2.75, 3.05) is 47.7 Å². The van der Waals surface area contributed by atoms with E-state index in [1.807, 2.05) is 0 Å². The van der Waals surface area contributed by atoms with E-state index in [1.54, 1.807) is 21.3 Å². The van der Waals surface area contributed by atoms with E-state index in [1.165, 1.54) is 0 Å². The molecule has 0 aromatic rings. The fourth-order valence-corrected chi connectivity index (χ4v) is 1.57. The molecule has 1 N–H and O–H groups in total. The van der Waals surface area contributed by atoms with Crippen LogP contribution in [0.4, 0.5) is 0 Å². The number of hydrogen-bond acceptors (Lipinski definition) is 6. The van der Waals surface area contributed by atoms with Crippen molar-refractivity contribution < 1.29 is 22.8 Å². The minimum atomic E-state index is -1.67. The van der Waals surface area contributed by atoms with Gasteiger partial charge >= 0.3 is 9.53 Å². The normalized spacial score (nSPS) is 26.2. The Bertz CT molecular complexity index is 156. The third-order valence-electron chi connectivity index (χ3n) is 2.10. The molecule has 2 atom stereocenters. The summed E-state index contributed by atoms with van der Waals surface area (Å²) < 4.78 is 24.5. The zero-order chi connectivity index (χ0) is 11.8. The summed E-state index contributed by atoms with van der Waals surface area (Å²) in [7, 11) is 3.05. The van der Waals surface area contributed by atoms with E-state index in [4.69, 9.17) is 22.8 Å². The highest BCUT2D eigenvalue weighted by molar-refractivity contribution is 6.36. The second kappa shape index (κ2) is 8.12. The summed E-state index contributed by atoms with van der Waals surface area (Å²) in [6.45, 7) is 3.68.